The lowest BCUT2D eigenvalue weighted by molar-refractivity contribution is -0.130. The zero-order chi connectivity index (χ0) is 19.6. The lowest BCUT2D eigenvalue weighted by atomic mass is 9.87. The van der Waals surface area contributed by atoms with E-state index in [9.17, 15) is 9.59 Å². The number of carbonyl (C=O) groups excluding carboxylic acids is 2. The van der Waals surface area contributed by atoms with Crippen LogP contribution in [0.4, 0.5) is 0 Å². The molecule has 1 atom stereocenters. The lowest BCUT2D eigenvalue weighted by Crippen LogP contribution is -2.48. The largest absolute Gasteiger partial charge is 0.351 e. The van der Waals surface area contributed by atoms with E-state index in [0.717, 1.165) is 5.69 Å². The Balaban J connectivity index is 2.73. The molecule has 1 heterocycles. The van der Waals surface area contributed by atoms with Gasteiger partial charge < -0.3 is 5.32 Å². The maximum atomic E-state index is 12.2. The highest BCUT2D eigenvalue weighted by molar-refractivity contribution is 5.88. The van der Waals surface area contributed by atoms with Crippen molar-refractivity contribution in [2.24, 2.45) is 10.8 Å². The molecule has 1 aromatic heterocycles. The Morgan fingerprint density at radius 1 is 1.04 bits per heavy atom. The minimum absolute atomic E-state index is 0.0193. The van der Waals surface area contributed by atoms with Crippen LogP contribution in [0.1, 0.15) is 80.3 Å². The van der Waals surface area contributed by atoms with Crippen molar-refractivity contribution in [2.45, 2.75) is 80.2 Å². The van der Waals surface area contributed by atoms with E-state index in [-0.39, 0.29) is 23.3 Å². The summed E-state index contributed by atoms with van der Waals surface area (Å²) in [6.45, 7) is 17.2. The van der Waals surface area contributed by atoms with Crippen LogP contribution in [0.15, 0.2) is 6.20 Å². The minimum Gasteiger partial charge on any atom is -0.351 e. The predicted molar refractivity (Wildman–Crippen MR) is 98.6 cm³/mol. The number of hydrogen-bond donors (Lipinski definition) is 2. The monoisotopic (exact) mass is 351 g/mol. The third-order valence-corrected chi connectivity index (χ3v) is 3.86. The van der Waals surface area contributed by atoms with Crippen molar-refractivity contribution >= 4 is 11.8 Å². The van der Waals surface area contributed by atoms with Crippen LogP contribution in [-0.2, 0) is 9.59 Å². The summed E-state index contributed by atoms with van der Waals surface area (Å²) in [5.74, 6) is -0.0317. The molecule has 1 aromatic rings. The first-order chi connectivity index (χ1) is 11.1. The molecule has 7 nitrogen and oxygen atoms in total. The van der Waals surface area contributed by atoms with E-state index in [0.29, 0.717) is 6.42 Å². The maximum Gasteiger partial charge on any atom is 0.245 e. The van der Waals surface area contributed by atoms with E-state index in [4.69, 9.17) is 0 Å². The first kappa shape index (κ1) is 21.1. The lowest BCUT2D eigenvalue weighted by Gasteiger charge is -2.32. The molecule has 0 aromatic carbocycles. The van der Waals surface area contributed by atoms with Crippen molar-refractivity contribution in [1.82, 2.24) is 20.4 Å². The Morgan fingerprint density at radius 3 is 2.04 bits per heavy atom. The van der Waals surface area contributed by atoms with Gasteiger partial charge in [-0.1, -0.05) is 48.5 Å². The topological polar surface area (TPSA) is 88.9 Å². The maximum absolute atomic E-state index is 12.2. The summed E-state index contributed by atoms with van der Waals surface area (Å²) in [6.07, 6.45) is 2.43. The molecule has 1 unspecified atom stereocenters. The van der Waals surface area contributed by atoms with Crippen molar-refractivity contribution in [2.75, 3.05) is 5.43 Å². The second-order valence-electron chi connectivity index (χ2n) is 9.47. The fourth-order valence-electron chi connectivity index (χ4n) is 2.24. The molecule has 0 spiro atoms. The molecule has 25 heavy (non-hydrogen) atoms. The fourth-order valence-corrected chi connectivity index (χ4v) is 2.24. The minimum atomic E-state index is -0.503. The highest BCUT2D eigenvalue weighted by Crippen LogP contribution is 2.25. The van der Waals surface area contributed by atoms with Crippen LogP contribution in [-0.4, -0.2) is 32.5 Å². The summed E-state index contributed by atoms with van der Waals surface area (Å²) >= 11 is 0. The SMILES string of the molecule is CC(CC(C)(C)NC(=O)C(C)(C)C)c1cn(NC(=O)C(C)(C)C)nn1. The molecular weight excluding hydrogens is 318 g/mol. The van der Waals surface area contributed by atoms with E-state index in [2.05, 4.69) is 21.1 Å². The van der Waals surface area contributed by atoms with Gasteiger partial charge in [-0.05, 0) is 25.5 Å². The van der Waals surface area contributed by atoms with E-state index < -0.39 is 10.8 Å². The highest BCUT2D eigenvalue weighted by atomic mass is 16.2. The van der Waals surface area contributed by atoms with Crippen LogP contribution >= 0.6 is 0 Å². The zero-order valence-corrected chi connectivity index (χ0v) is 17.0. The first-order valence-electron chi connectivity index (χ1n) is 8.68. The molecule has 0 radical (unpaired) electrons. The smallest absolute Gasteiger partial charge is 0.245 e. The molecule has 1 rings (SSSR count). The quantitative estimate of drug-likeness (QED) is 0.854. The van der Waals surface area contributed by atoms with Gasteiger partial charge in [0.2, 0.25) is 11.8 Å². The number of rotatable bonds is 5. The molecule has 0 aliphatic heterocycles. The third kappa shape index (κ3) is 6.48. The number of nitrogens with one attached hydrogen (secondary N) is 2. The van der Waals surface area contributed by atoms with Crippen molar-refractivity contribution in [3.63, 3.8) is 0 Å². The summed E-state index contributed by atoms with van der Waals surface area (Å²) in [4.78, 5) is 25.6. The number of hydrogen-bond acceptors (Lipinski definition) is 4. The standard InChI is InChI=1S/C18H33N5O2/c1-12(10-18(8,9)19-14(24)16(2,3)4)13-11-23(22-20-13)21-15(25)17(5,6)7/h11-12H,10H2,1-9H3,(H,19,24)(H,21,25). The fraction of sp³-hybridized carbons (Fsp3) is 0.778. The Bertz CT molecular complexity index is 620. The summed E-state index contributed by atoms with van der Waals surface area (Å²) in [5.41, 5.74) is 2.17. The molecule has 142 valence electrons. The van der Waals surface area contributed by atoms with Gasteiger partial charge in [0, 0.05) is 22.3 Å². The molecule has 7 heteroatoms. The number of aromatic nitrogens is 3. The molecule has 2 N–H and O–H groups in total. The number of amides is 2. The van der Waals surface area contributed by atoms with E-state index >= 15 is 0 Å². The molecule has 0 aliphatic rings. The van der Waals surface area contributed by atoms with Crippen LogP contribution in [0.5, 0.6) is 0 Å². The summed E-state index contributed by atoms with van der Waals surface area (Å²) in [6, 6.07) is 0. The molecule has 0 saturated heterocycles. The van der Waals surface area contributed by atoms with E-state index in [1.807, 2.05) is 62.3 Å². The molecule has 0 saturated carbocycles. The van der Waals surface area contributed by atoms with Gasteiger partial charge in [-0.2, -0.15) is 4.79 Å². The van der Waals surface area contributed by atoms with E-state index in [1.165, 1.54) is 4.79 Å². The second kappa shape index (κ2) is 7.14. The van der Waals surface area contributed by atoms with Gasteiger partial charge in [-0.3, -0.25) is 9.59 Å². The summed E-state index contributed by atoms with van der Waals surface area (Å²) < 4.78 is 0. The van der Waals surface area contributed by atoms with Crippen LogP contribution < -0.4 is 10.7 Å². The Morgan fingerprint density at radius 2 is 1.56 bits per heavy atom. The van der Waals surface area contributed by atoms with E-state index in [1.54, 1.807) is 6.20 Å². The summed E-state index contributed by atoms with van der Waals surface area (Å²) in [7, 11) is 0. The molecular formula is C18H33N5O2. The van der Waals surface area contributed by atoms with Gasteiger partial charge in [0.1, 0.15) is 0 Å². The van der Waals surface area contributed by atoms with Gasteiger partial charge in [-0.25, -0.2) is 5.43 Å². The third-order valence-electron chi connectivity index (χ3n) is 3.86. The molecule has 0 aliphatic carbocycles. The Kier molecular flexibility index (Phi) is 6.03. The van der Waals surface area contributed by atoms with Gasteiger partial charge in [0.05, 0.1) is 11.9 Å². The Hall–Kier alpha value is -1.92. The average molecular weight is 351 g/mol. The van der Waals surface area contributed by atoms with Gasteiger partial charge in [0.25, 0.3) is 0 Å². The highest BCUT2D eigenvalue weighted by Gasteiger charge is 2.30. The van der Waals surface area contributed by atoms with Crippen molar-refractivity contribution in [3.8, 4) is 0 Å². The van der Waals surface area contributed by atoms with Gasteiger partial charge >= 0.3 is 0 Å². The van der Waals surface area contributed by atoms with Crippen molar-refractivity contribution in [3.05, 3.63) is 11.9 Å². The average Bonchev–Trinajstić information content (AvgIpc) is 2.83. The van der Waals surface area contributed by atoms with Gasteiger partial charge in [0.15, 0.2) is 0 Å². The summed E-state index contributed by atoms with van der Waals surface area (Å²) in [5, 5.41) is 11.2. The zero-order valence-electron chi connectivity index (χ0n) is 17.0. The second-order valence-corrected chi connectivity index (χ2v) is 9.47. The number of nitrogens with zero attached hydrogens (tertiary/aromatic N) is 3. The normalized spacial score (nSPS) is 14.1. The van der Waals surface area contributed by atoms with Crippen LogP contribution in [0.25, 0.3) is 0 Å². The first-order valence-corrected chi connectivity index (χ1v) is 8.68. The van der Waals surface area contributed by atoms with Crippen molar-refractivity contribution in [1.29, 1.82) is 0 Å². The van der Waals surface area contributed by atoms with Crippen LogP contribution in [0.3, 0.4) is 0 Å². The predicted octanol–water partition coefficient (Wildman–Crippen LogP) is 2.83. The van der Waals surface area contributed by atoms with Crippen molar-refractivity contribution < 1.29 is 9.59 Å². The molecule has 2 amide bonds. The van der Waals surface area contributed by atoms with Gasteiger partial charge in [-0.15, -0.1) is 5.10 Å². The molecule has 0 fully saturated rings. The van der Waals surface area contributed by atoms with Crippen LogP contribution in [0, 0.1) is 10.8 Å². The Labute approximate surface area is 150 Å². The molecule has 0 bridgehead atoms. The number of carbonyl (C=O) groups is 2. The van der Waals surface area contributed by atoms with Crippen LogP contribution in [0.2, 0.25) is 0 Å².